The molecule has 0 fully saturated rings. The van der Waals surface area contributed by atoms with Gasteiger partial charge in [-0.1, -0.05) is 61.5 Å². The molecule has 0 atom stereocenters. The number of rotatable bonds is 4. The van der Waals surface area contributed by atoms with Gasteiger partial charge in [-0.25, -0.2) is 4.79 Å². The van der Waals surface area contributed by atoms with Crippen molar-refractivity contribution in [1.29, 1.82) is 0 Å². The first-order valence-corrected chi connectivity index (χ1v) is 7.52. The van der Waals surface area contributed by atoms with Gasteiger partial charge in [0.1, 0.15) is 5.76 Å². The van der Waals surface area contributed by atoms with Crippen LogP contribution in [0.15, 0.2) is 72.0 Å². The van der Waals surface area contributed by atoms with E-state index in [4.69, 9.17) is 4.74 Å². The van der Waals surface area contributed by atoms with Crippen LogP contribution in [-0.2, 0) is 22.4 Å². The average Bonchev–Trinajstić information content (AvgIpc) is 2.88. The molecule has 0 saturated carbocycles. The molecule has 110 valence electrons. The Morgan fingerprint density at radius 3 is 2.36 bits per heavy atom. The molecule has 0 aromatic heterocycles. The van der Waals surface area contributed by atoms with Gasteiger partial charge in [-0.3, -0.25) is 0 Å². The van der Waals surface area contributed by atoms with E-state index in [2.05, 4.69) is 19.1 Å². The zero-order chi connectivity index (χ0) is 15.4. The lowest BCUT2D eigenvalue weighted by molar-refractivity contribution is -0.133. The molecule has 2 heteroatoms. The number of allylic oxidation sites excluding steroid dienone is 1. The van der Waals surface area contributed by atoms with Crippen molar-refractivity contribution in [2.75, 3.05) is 0 Å². The molecule has 0 aliphatic carbocycles. The largest absolute Gasteiger partial charge is 0.423 e. The van der Waals surface area contributed by atoms with Crippen LogP contribution < -0.4 is 0 Å². The fourth-order valence-corrected chi connectivity index (χ4v) is 2.46. The number of hydrogen-bond acceptors (Lipinski definition) is 2. The Bertz CT molecular complexity index is 722. The van der Waals surface area contributed by atoms with E-state index in [1.807, 2.05) is 54.6 Å². The van der Waals surface area contributed by atoms with E-state index in [1.54, 1.807) is 0 Å². The van der Waals surface area contributed by atoms with E-state index in [0.717, 1.165) is 17.5 Å². The lowest BCUT2D eigenvalue weighted by Gasteiger charge is -2.00. The van der Waals surface area contributed by atoms with Crippen LogP contribution in [-0.4, -0.2) is 5.97 Å². The molecule has 22 heavy (non-hydrogen) atoms. The van der Waals surface area contributed by atoms with Crippen molar-refractivity contribution in [2.24, 2.45) is 0 Å². The van der Waals surface area contributed by atoms with Gasteiger partial charge in [0.15, 0.2) is 0 Å². The maximum Gasteiger partial charge on any atom is 0.339 e. The molecule has 0 spiro atoms. The standard InChI is InChI=1S/C20H18O2/c1-2-15-8-10-17(11-9-15)13-19-14-18(20(21)22-19)12-16-6-4-3-5-7-16/h3-11,13-14H,2,12H2,1H3/b19-13-. The van der Waals surface area contributed by atoms with Crippen molar-refractivity contribution in [3.8, 4) is 0 Å². The average molecular weight is 290 g/mol. The minimum atomic E-state index is -0.250. The monoisotopic (exact) mass is 290 g/mol. The van der Waals surface area contributed by atoms with Crippen molar-refractivity contribution < 1.29 is 9.53 Å². The maximum absolute atomic E-state index is 11.9. The second-order valence-corrected chi connectivity index (χ2v) is 5.36. The summed E-state index contributed by atoms with van der Waals surface area (Å²) < 4.78 is 5.34. The Hall–Kier alpha value is -2.61. The highest BCUT2D eigenvalue weighted by molar-refractivity contribution is 5.94. The van der Waals surface area contributed by atoms with E-state index < -0.39 is 0 Å². The number of carbonyl (C=O) groups is 1. The summed E-state index contributed by atoms with van der Waals surface area (Å²) in [5.41, 5.74) is 4.14. The summed E-state index contributed by atoms with van der Waals surface area (Å²) in [7, 11) is 0. The molecule has 1 aliphatic heterocycles. The normalized spacial score (nSPS) is 15.8. The molecule has 0 amide bonds. The summed E-state index contributed by atoms with van der Waals surface area (Å²) in [6.45, 7) is 2.13. The zero-order valence-corrected chi connectivity index (χ0v) is 12.6. The fourth-order valence-electron chi connectivity index (χ4n) is 2.46. The molecule has 0 radical (unpaired) electrons. The lowest BCUT2D eigenvalue weighted by Crippen LogP contribution is -2.01. The number of esters is 1. The van der Waals surface area contributed by atoms with Crippen molar-refractivity contribution in [3.63, 3.8) is 0 Å². The highest BCUT2D eigenvalue weighted by Crippen LogP contribution is 2.23. The quantitative estimate of drug-likeness (QED) is 0.784. The number of hydrogen-bond donors (Lipinski definition) is 0. The van der Waals surface area contributed by atoms with E-state index in [9.17, 15) is 4.79 Å². The smallest absolute Gasteiger partial charge is 0.339 e. The number of aryl methyl sites for hydroxylation is 1. The van der Waals surface area contributed by atoms with Crippen molar-refractivity contribution >= 4 is 12.0 Å². The number of carbonyl (C=O) groups excluding carboxylic acids is 1. The van der Waals surface area contributed by atoms with Gasteiger partial charge in [0.25, 0.3) is 0 Å². The third-order valence-corrected chi connectivity index (χ3v) is 3.72. The summed E-state index contributed by atoms with van der Waals surface area (Å²) >= 11 is 0. The molecule has 1 heterocycles. The van der Waals surface area contributed by atoms with Crippen LogP contribution in [0.1, 0.15) is 23.6 Å². The molecular weight excluding hydrogens is 272 g/mol. The summed E-state index contributed by atoms with van der Waals surface area (Å²) in [6.07, 6.45) is 5.36. The van der Waals surface area contributed by atoms with Crippen LogP contribution in [0.4, 0.5) is 0 Å². The third-order valence-electron chi connectivity index (χ3n) is 3.72. The molecule has 0 unspecified atom stereocenters. The fraction of sp³-hybridized carbons (Fsp3) is 0.150. The van der Waals surface area contributed by atoms with Crippen LogP contribution in [0.5, 0.6) is 0 Å². The number of ether oxygens (including phenoxy) is 1. The summed E-state index contributed by atoms with van der Waals surface area (Å²) in [4.78, 5) is 11.9. The zero-order valence-electron chi connectivity index (χ0n) is 12.6. The Kier molecular flexibility index (Phi) is 4.19. The second kappa shape index (κ2) is 6.44. The van der Waals surface area contributed by atoms with Crippen LogP contribution in [0, 0.1) is 0 Å². The third kappa shape index (κ3) is 3.34. The molecule has 0 N–H and O–H groups in total. The van der Waals surface area contributed by atoms with E-state index in [-0.39, 0.29) is 5.97 Å². The van der Waals surface area contributed by atoms with Gasteiger partial charge < -0.3 is 4.74 Å². The second-order valence-electron chi connectivity index (χ2n) is 5.36. The molecule has 0 saturated heterocycles. The van der Waals surface area contributed by atoms with Gasteiger partial charge in [0, 0.05) is 12.0 Å². The summed E-state index contributed by atoms with van der Waals surface area (Å²) in [5, 5.41) is 0. The molecule has 2 nitrogen and oxygen atoms in total. The molecule has 2 aromatic carbocycles. The molecule has 2 aromatic rings. The minimum Gasteiger partial charge on any atom is -0.423 e. The molecule has 1 aliphatic rings. The van der Waals surface area contributed by atoms with Crippen LogP contribution >= 0.6 is 0 Å². The van der Waals surface area contributed by atoms with Gasteiger partial charge in [-0.15, -0.1) is 0 Å². The van der Waals surface area contributed by atoms with E-state index in [0.29, 0.717) is 17.8 Å². The molecule has 3 rings (SSSR count). The van der Waals surface area contributed by atoms with Crippen molar-refractivity contribution in [2.45, 2.75) is 19.8 Å². The van der Waals surface area contributed by atoms with E-state index in [1.165, 1.54) is 5.56 Å². The summed E-state index contributed by atoms with van der Waals surface area (Å²) in [6, 6.07) is 18.2. The Morgan fingerprint density at radius 1 is 0.955 bits per heavy atom. The SMILES string of the molecule is CCc1ccc(/C=C2/C=C(Cc3ccccc3)C(=O)O2)cc1. The van der Waals surface area contributed by atoms with Gasteiger partial charge in [-0.05, 0) is 35.3 Å². The van der Waals surface area contributed by atoms with Crippen LogP contribution in [0.25, 0.3) is 6.08 Å². The highest BCUT2D eigenvalue weighted by Gasteiger charge is 2.21. The number of benzene rings is 2. The van der Waals surface area contributed by atoms with Crippen LogP contribution in [0.2, 0.25) is 0 Å². The maximum atomic E-state index is 11.9. The molecule has 0 bridgehead atoms. The van der Waals surface area contributed by atoms with Gasteiger partial charge >= 0.3 is 5.97 Å². The number of cyclic esters (lactones) is 1. The Labute approximate surface area is 130 Å². The van der Waals surface area contributed by atoms with Crippen molar-refractivity contribution in [1.82, 2.24) is 0 Å². The first-order valence-electron chi connectivity index (χ1n) is 7.52. The van der Waals surface area contributed by atoms with Crippen LogP contribution in [0.3, 0.4) is 0 Å². The summed E-state index contributed by atoms with van der Waals surface area (Å²) in [5.74, 6) is 0.362. The molecular formula is C20H18O2. The lowest BCUT2D eigenvalue weighted by atomic mass is 10.1. The topological polar surface area (TPSA) is 26.3 Å². The van der Waals surface area contributed by atoms with Crippen molar-refractivity contribution in [3.05, 3.63) is 88.7 Å². The Morgan fingerprint density at radius 2 is 1.68 bits per heavy atom. The van der Waals surface area contributed by atoms with Gasteiger partial charge in [0.05, 0.1) is 0 Å². The minimum absolute atomic E-state index is 0.250. The highest BCUT2D eigenvalue weighted by atomic mass is 16.5. The predicted molar refractivity (Wildman–Crippen MR) is 88.1 cm³/mol. The predicted octanol–water partition coefficient (Wildman–Crippen LogP) is 4.32. The van der Waals surface area contributed by atoms with Gasteiger partial charge in [-0.2, -0.15) is 0 Å². The Balaban J connectivity index is 1.78. The van der Waals surface area contributed by atoms with E-state index >= 15 is 0 Å². The first kappa shape index (κ1) is 14.3. The first-order chi connectivity index (χ1) is 10.7. The van der Waals surface area contributed by atoms with Gasteiger partial charge in [0.2, 0.25) is 0 Å².